The first-order valence-electron chi connectivity index (χ1n) is 5.23. The number of nitrogens with one attached hydrogen (secondary N) is 2. The first-order valence-corrected chi connectivity index (χ1v) is 5.23. The number of benzene rings is 1. The molecule has 1 aromatic carbocycles. The van der Waals surface area contributed by atoms with Crippen LogP contribution < -0.4 is 10.9 Å². The number of carbonyl (C=O) groups is 1. The van der Waals surface area contributed by atoms with Crippen LogP contribution in [0.2, 0.25) is 0 Å². The molecule has 1 aromatic rings. The number of hydrogen-bond acceptors (Lipinski definition) is 3. The van der Waals surface area contributed by atoms with Gasteiger partial charge >= 0.3 is 0 Å². The number of amides is 1. The third-order valence-corrected chi connectivity index (χ3v) is 2.25. The van der Waals surface area contributed by atoms with Crippen LogP contribution in [0.1, 0.15) is 16.7 Å². The number of carbonyl (C=O) groups excluding carboxylic acids is 1. The molecule has 16 heavy (non-hydrogen) atoms. The number of aryl methyl sites for hydroxylation is 2. The van der Waals surface area contributed by atoms with E-state index in [-0.39, 0.29) is 12.5 Å². The van der Waals surface area contributed by atoms with Crippen LogP contribution in [0.3, 0.4) is 0 Å². The Morgan fingerprint density at radius 3 is 2.75 bits per heavy atom. The summed E-state index contributed by atoms with van der Waals surface area (Å²) in [5, 5.41) is 0. The van der Waals surface area contributed by atoms with Crippen molar-refractivity contribution < 1.29 is 9.53 Å². The van der Waals surface area contributed by atoms with Crippen LogP contribution in [-0.2, 0) is 16.1 Å². The number of ether oxygens (including phenoxy) is 1. The first-order chi connectivity index (χ1) is 7.63. The van der Waals surface area contributed by atoms with Crippen molar-refractivity contribution in [1.29, 1.82) is 0 Å². The highest BCUT2D eigenvalue weighted by atomic mass is 16.5. The molecular weight excluding hydrogens is 204 g/mol. The van der Waals surface area contributed by atoms with Gasteiger partial charge in [0.1, 0.15) is 6.61 Å². The monoisotopic (exact) mass is 222 g/mol. The summed E-state index contributed by atoms with van der Waals surface area (Å²) in [6.07, 6.45) is 0. The van der Waals surface area contributed by atoms with Gasteiger partial charge in [-0.05, 0) is 25.0 Å². The molecule has 0 aliphatic rings. The predicted molar refractivity (Wildman–Crippen MR) is 62.8 cm³/mol. The summed E-state index contributed by atoms with van der Waals surface area (Å²) in [5.41, 5.74) is 8.53. The van der Waals surface area contributed by atoms with Crippen LogP contribution in [0, 0.1) is 13.8 Å². The summed E-state index contributed by atoms with van der Waals surface area (Å²) in [7, 11) is 1.64. The maximum Gasteiger partial charge on any atom is 0.260 e. The lowest BCUT2D eigenvalue weighted by Gasteiger charge is -2.08. The number of hydrogen-bond donors (Lipinski definition) is 2. The standard InChI is InChI=1S/C12H18N2O2/c1-9-4-5-11(10(2)6-9)7-16-8-12(15)14-13-3/h4-6,13H,7-8H2,1-3H3,(H,14,15). The zero-order valence-corrected chi connectivity index (χ0v) is 9.96. The van der Waals surface area contributed by atoms with Gasteiger partial charge in [-0.15, -0.1) is 0 Å². The van der Waals surface area contributed by atoms with E-state index < -0.39 is 0 Å². The van der Waals surface area contributed by atoms with Gasteiger partial charge in [-0.3, -0.25) is 10.2 Å². The molecule has 1 rings (SSSR count). The Kier molecular flexibility index (Phi) is 4.95. The van der Waals surface area contributed by atoms with Gasteiger partial charge < -0.3 is 4.74 Å². The van der Waals surface area contributed by atoms with Crippen LogP contribution in [0.5, 0.6) is 0 Å². The quantitative estimate of drug-likeness (QED) is 0.733. The van der Waals surface area contributed by atoms with E-state index in [1.165, 1.54) is 11.1 Å². The molecule has 0 aliphatic heterocycles. The molecule has 0 aromatic heterocycles. The van der Waals surface area contributed by atoms with E-state index in [4.69, 9.17) is 4.74 Å². The Labute approximate surface area is 96.0 Å². The zero-order chi connectivity index (χ0) is 12.0. The van der Waals surface area contributed by atoms with Gasteiger partial charge in [0.2, 0.25) is 0 Å². The average molecular weight is 222 g/mol. The minimum absolute atomic E-state index is 0.0636. The van der Waals surface area contributed by atoms with E-state index >= 15 is 0 Å². The molecule has 0 fully saturated rings. The Hall–Kier alpha value is -1.39. The number of hydrazine groups is 1. The second-order valence-electron chi connectivity index (χ2n) is 3.72. The van der Waals surface area contributed by atoms with E-state index in [1.54, 1.807) is 7.05 Å². The summed E-state index contributed by atoms with van der Waals surface area (Å²) in [5.74, 6) is -0.174. The normalized spacial score (nSPS) is 10.2. The van der Waals surface area contributed by atoms with Crippen LogP contribution in [-0.4, -0.2) is 19.6 Å². The van der Waals surface area contributed by atoms with Crippen molar-refractivity contribution in [1.82, 2.24) is 10.9 Å². The maximum absolute atomic E-state index is 11.1. The summed E-state index contributed by atoms with van der Waals surface area (Å²) < 4.78 is 5.30. The summed E-state index contributed by atoms with van der Waals surface area (Å²) >= 11 is 0. The van der Waals surface area contributed by atoms with Crippen LogP contribution in [0.4, 0.5) is 0 Å². The third-order valence-electron chi connectivity index (χ3n) is 2.25. The smallest absolute Gasteiger partial charge is 0.260 e. The molecular formula is C12H18N2O2. The highest BCUT2D eigenvalue weighted by Crippen LogP contribution is 2.11. The topological polar surface area (TPSA) is 50.4 Å². The molecule has 0 radical (unpaired) electrons. The zero-order valence-electron chi connectivity index (χ0n) is 9.96. The SMILES string of the molecule is CNNC(=O)COCc1ccc(C)cc1C. The fourth-order valence-corrected chi connectivity index (χ4v) is 1.44. The molecule has 2 N–H and O–H groups in total. The first kappa shape index (κ1) is 12.7. The van der Waals surface area contributed by atoms with Crippen LogP contribution >= 0.6 is 0 Å². The predicted octanol–water partition coefficient (Wildman–Crippen LogP) is 1.07. The van der Waals surface area contributed by atoms with Crippen molar-refractivity contribution in [2.45, 2.75) is 20.5 Å². The molecule has 1 amide bonds. The van der Waals surface area contributed by atoms with Gasteiger partial charge in [-0.1, -0.05) is 23.8 Å². The minimum Gasteiger partial charge on any atom is -0.367 e. The van der Waals surface area contributed by atoms with E-state index in [0.29, 0.717) is 6.61 Å². The molecule has 4 nitrogen and oxygen atoms in total. The summed E-state index contributed by atoms with van der Waals surface area (Å²) in [6, 6.07) is 6.17. The van der Waals surface area contributed by atoms with Gasteiger partial charge in [-0.2, -0.15) is 0 Å². The lowest BCUT2D eigenvalue weighted by molar-refractivity contribution is -0.126. The molecule has 4 heteroatoms. The fraction of sp³-hybridized carbons (Fsp3) is 0.417. The summed E-state index contributed by atoms with van der Waals surface area (Å²) in [4.78, 5) is 11.1. The second-order valence-corrected chi connectivity index (χ2v) is 3.72. The Bertz CT molecular complexity index is 364. The molecule has 0 atom stereocenters. The summed E-state index contributed by atoms with van der Waals surface area (Å²) in [6.45, 7) is 4.62. The van der Waals surface area contributed by atoms with Crippen molar-refractivity contribution in [3.05, 3.63) is 34.9 Å². The Balaban J connectivity index is 2.40. The third kappa shape index (κ3) is 4.00. The van der Waals surface area contributed by atoms with Crippen LogP contribution in [0.15, 0.2) is 18.2 Å². The molecule has 0 unspecified atom stereocenters. The molecule has 0 saturated carbocycles. The fourth-order valence-electron chi connectivity index (χ4n) is 1.44. The van der Waals surface area contributed by atoms with Gasteiger partial charge in [0, 0.05) is 7.05 Å². The maximum atomic E-state index is 11.1. The molecule has 0 saturated heterocycles. The molecule has 88 valence electrons. The highest BCUT2D eigenvalue weighted by molar-refractivity contribution is 5.76. The molecule has 0 spiro atoms. The van der Waals surface area contributed by atoms with Gasteiger partial charge in [0.05, 0.1) is 6.61 Å². The molecule has 0 bridgehead atoms. The second kappa shape index (κ2) is 6.25. The minimum atomic E-state index is -0.174. The van der Waals surface area contributed by atoms with Gasteiger partial charge in [-0.25, -0.2) is 5.43 Å². The largest absolute Gasteiger partial charge is 0.367 e. The van der Waals surface area contributed by atoms with Gasteiger partial charge in [0.25, 0.3) is 5.91 Å². The lowest BCUT2D eigenvalue weighted by Crippen LogP contribution is -2.36. The van der Waals surface area contributed by atoms with E-state index in [1.807, 2.05) is 19.1 Å². The molecule has 0 aliphatic carbocycles. The number of rotatable bonds is 5. The Morgan fingerprint density at radius 2 is 2.12 bits per heavy atom. The van der Waals surface area contributed by atoms with Crippen molar-refractivity contribution in [3.8, 4) is 0 Å². The van der Waals surface area contributed by atoms with Gasteiger partial charge in [0.15, 0.2) is 0 Å². The highest BCUT2D eigenvalue weighted by Gasteiger charge is 2.02. The van der Waals surface area contributed by atoms with Crippen molar-refractivity contribution >= 4 is 5.91 Å². The van der Waals surface area contributed by atoms with Crippen molar-refractivity contribution in [2.75, 3.05) is 13.7 Å². The average Bonchev–Trinajstić information content (AvgIpc) is 2.22. The van der Waals surface area contributed by atoms with Crippen molar-refractivity contribution in [2.24, 2.45) is 0 Å². The van der Waals surface area contributed by atoms with E-state index in [9.17, 15) is 4.79 Å². The lowest BCUT2D eigenvalue weighted by atomic mass is 10.1. The van der Waals surface area contributed by atoms with Crippen molar-refractivity contribution in [3.63, 3.8) is 0 Å². The van der Waals surface area contributed by atoms with E-state index in [0.717, 1.165) is 5.56 Å². The van der Waals surface area contributed by atoms with E-state index in [2.05, 4.69) is 23.8 Å². The Morgan fingerprint density at radius 1 is 1.38 bits per heavy atom. The van der Waals surface area contributed by atoms with Crippen LogP contribution in [0.25, 0.3) is 0 Å². The molecule has 0 heterocycles.